The Hall–Kier alpha value is -0.690. The Kier molecular flexibility index (Phi) is 4.10. The van der Waals surface area contributed by atoms with Crippen LogP contribution in [0.25, 0.3) is 0 Å². The molecule has 0 aliphatic rings. The van der Waals surface area contributed by atoms with Crippen LogP contribution in [0.2, 0.25) is 0 Å². The molecule has 2 N–H and O–H groups in total. The second-order valence-electron chi connectivity index (χ2n) is 2.35. The number of hydrogen-bond donors (Lipinski definition) is 2. The van der Waals surface area contributed by atoms with E-state index in [1.807, 2.05) is 0 Å². The summed E-state index contributed by atoms with van der Waals surface area (Å²) in [5, 5.41) is 11.0. The summed E-state index contributed by atoms with van der Waals surface area (Å²) >= 11 is 2.07. The van der Waals surface area contributed by atoms with Crippen LogP contribution in [0.15, 0.2) is 18.3 Å². The molecule has 70 valence electrons. The molecule has 1 aromatic rings. The maximum atomic E-state index is 11.3. The van der Waals surface area contributed by atoms with E-state index in [4.69, 9.17) is 5.11 Å². The van der Waals surface area contributed by atoms with Crippen molar-refractivity contribution in [2.24, 2.45) is 0 Å². The third-order valence-electron chi connectivity index (χ3n) is 1.39. The van der Waals surface area contributed by atoms with E-state index in [-0.39, 0.29) is 19.1 Å². The van der Waals surface area contributed by atoms with Gasteiger partial charge in [-0.05, 0) is 34.7 Å². The van der Waals surface area contributed by atoms with Crippen LogP contribution in [0, 0.1) is 3.70 Å². The zero-order valence-corrected chi connectivity index (χ0v) is 8.98. The predicted octanol–water partition coefficient (Wildman–Crippen LogP) is 0.408. The van der Waals surface area contributed by atoms with Crippen LogP contribution in [0.3, 0.4) is 0 Å². The van der Waals surface area contributed by atoms with Crippen molar-refractivity contribution in [3.05, 3.63) is 27.6 Å². The quantitative estimate of drug-likeness (QED) is 0.626. The summed E-state index contributed by atoms with van der Waals surface area (Å²) < 4.78 is 0.844. The molecule has 0 aliphatic carbocycles. The van der Waals surface area contributed by atoms with Crippen LogP contribution in [-0.2, 0) is 0 Å². The molecule has 13 heavy (non-hydrogen) atoms. The second kappa shape index (κ2) is 5.13. The third kappa shape index (κ3) is 3.27. The van der Waals surface area contributed by atoms with E-state index in [1.54, 1.807) is 12.1 Å². The van der Waals surface area contributed by atoms with Crippen LogP contribution in [-0.4, -0.2) is 29.1 Å². The van der Waals surface area contributed by atoms with Crippen molar-refractivity contribution < 1.29 is 9.90 Å². The summed E-state index contributed by atoms with van der Waals surface area (Å²) in [4.78, 5) is 15.2. The van der Waals surface area contributed by atoms with Gasteiger partial charge in [-0.25, -0.2) is 4.98 Å². The lowest BCUT2D eigenvalue weighted by Gasteiger charge is -2.01. The molecule has 1 aromatic heterocycles. The number of carbonyl (C=O) groups excluding carboxylic acids is 1. The predicted molar refractivity (Wildman–Crippen MR) is 56.4 cm³/mol. The number of carbonyl (C=O) groups is 1. The van der Waals surface area contributed by atoms with Crippen molar-refractivity contribution in [3.63, 3.8) is 0 Å². The molecular weight excluding hydrogens is 283 g/mol. The minimum absolute atomic E-state index is 0.0520. The van der Waals surface area contributed by atoms with Gasteiger partial charge in [0.05, 0.1) is 12.2 Å². The first-order valence-electron chi connectivity index (χ1n) is 3.74. The van der Waals surface area contributed by atoms with Gasteiger partial charge in [-0.15, -0.1) is 0 Å². The largest absolute Gasteiger partial charge is 0.395 e. The van der Waals surface area contributed by atoms with Gasteiger partial charge in [0.15, 0.2) is 0 Å². The number of nitrogens with zero attached hydrogens (tertiary/aromatic N) is 1. The Balaban J connectivity index is 2.61. The molecule has 1 amide bonds. The smallest absolute Gasteiger partial charge is 0.252 e. The molecule has 0 aliphatic heterocycles. The van der Waals surface area contributed by atoms with E-state index in [0.29, 0.717) is 5.56 Å². The molecule has 0 atom stereocenters. The molecule has 1 rings (SSSR count). The third-order valence-corrected chi connectivity index (χ3v) is 2.03. The van der Waals surface area contributed by atoms with Crippen LogP contribution in [0.1, 0.15) is 10.4 Å². The van der Waals surface area contributed by atoms with Crippen molar-refractivity contribution in [3.8, 4) is 0 Å². The maximum Gasteiger partial charge on any atom is 0.252 e. The first kappa shape index (κ1) is 10.4. The van der Waals surface area contributed by atoms with E-state index in [9.17, 15) is 4.79 Å². The Morgan fingerprint density at radius 2 is 2.38 bits per heavy atom. The molecule has 0 radical (unpaired) electrons. The van der Waals surface area contributed by atoms with Crippen LogP contribution in [0.5, 0.6) is 0 Å². The number of hydrogen-bond acceptors (Lipinski definition) is 3. The summed E-state index contributed by atoms with van der Waals surface area (Å²) in [6.07, 6.45) is 1.51. The first-order chi connectivity index (χ1) is 6.24. The van der Waals surface area contributed by atoms with Crippen LogP contribution in [0.4, 0.5) is 0 Å². The molecule has 0 fully saturated rings. The number of aliphatic hydroxyl groups is 1. The van der Waals surface area contributed by atoms with Crippen molar-refractivity contribution in [1.29, 1.82) is 0 Å². The standard InChI is InChI=1S/C8H9IN2O2/c9-7-2-1-6(5-11-7)8(13)10-3-4-12/h1-2,5,12H,3-4H2,(H,10,13). The number of rotatable bonds is 3. The van der Waals surface area contributed by atoms with Gasteiger partial charge in [0, 0.05) is 12.7 Å². The summed E-state index contributed by atoms with van der Waals surface area (Å²) in [5.41, 5.74) is 0.508. The Bertz CT molecular complexity index is 287. The highest BCUT2D eigenvalue weighted by Gasteiger charge is 2.03. The van der Waals surface area contributed by atoms with E-state index >= 15 is 0 Å². The fourth-order valence-electron chi connectivity index (χ4n) is 0.782. The molecule has 4 nitrogen and oxygen atoms in total. The minimum atomic E-state index is -0.210. The molecule has 0 bridgehead atoms. The van der Waals surface area contributed by atoms with E-state index < -0.39 is 0 Å². The summed E-state index contributed by atoms with van der Waals surface area (Å²) in [6, 6.07) is 3.45. The van der Waals surface area contributed by atoms with E-state index in [2.05, 4.69) is 32.9 Å². The molecule has 0 saturated carbocycles. The van der Waals surface area contributed by atoms with Gasteiger partial charge in [0.2, 0.25) is 0 Å². The monoisotopic (exact) mass is 292 g/mol. The Labute approximate surface area is 89.5 Å². The number of aromatic nitrogens is 1. The summed E-state index contributed by atoms with van der Waals surface area (Å²) in [5.74, 6) is -0.210. The van der Waals surface area contributed by atoms with E-state index in [1.165, 1.54) is 6.20 Å². The fraction of sp³-hybridized carbons (Fsp3) is 0.250. The zero-order chi connectivity index (χ0) is 9.68. The van der Waals surface area contributed by atoms with E-state index in [0.717, 1.165) is 3.70 Å². The van der Waals surface area contributed by atoms with Gasteiger partial charge < -0.3 is 10.4 Å². The van der Waals surface area contributed by atoms with Crippen molar-refractivity contribution >= 4 is 28.5 Å². The average Bonchev–Trinajstić information content (AvgIpc) is 2.15. The normalized spacial score (nSPS) is 9.69. The summed E-state index contributed by atoms with van der Waals surface area (Å²) in [6.45, 7) is 0.217. The molecule has 0 spiro atoms. The highest BCUT2D eigenvalue weighted by Crippen LogP contribution is 2.02. The van der Waals surface area contributed by atoms with Gasteiger partial charge in [-0.3, -0.25) is 4.79 Å². The van der Waals surface area contributed by atoms with Crippen LogP contribution < -0.4 is 5.32 Å². The Morgan fingerprint density at radius 1 is 1.62 bits per heavy atom. The zero-order valence-electron chi connectivity index (χ0n) is 6.83. The average molecular weight is 292 g/mol. The van der Waals surface area contributed by atoms with Gasteiger partial charge in [0.1, 0.15) is 3.70 Å². The molecular formula is C8H9IN2O2. The molecule has 0 unspecified atom stereocenters. The Morgan fingerprint density at radius 3 is 2.92 bits per heavy atom. The molecule has 0 saturated heterocycles. The topological polar surface area (TPSA) is 62.2 Å². The van der Waals surface area contributed by atoms with Gasteiger partial charge >= 0.3 is 0 Å². The highest BCUT2D eigenvalue weighted by molar-refractivity contribution is 14.1. The number of amides is 1. The van der Waals surface area contributed by atoms with Gasteiger partial charge in [-0.1, -0.05) is 0 Å². The number of nitrogens with one attached hydrogen (secondary N) is 1. The van der Waals surface area contributed by atoms with Crippen molar-refractivity contribution in [2.75, 3.05) is 13.2 Å². The fourth-order valence-corrected chi connectivity index (χ4v) is 1.10. The lowest BCUT2D eigenvalue weighted by molar-refractivity contribution is 0.0944. The molecule has 5 heteroatoms. The number of halogens is 1. The highest BCUT2D eigenvalue weighted by atomic mass is 127. The second-order valence-corrected chi connectivity index (χ2v) is 3.45. The molecule has 0 aromatic carbocycles. The SMILES string of the molecule is O=C(NCCO)c1ccc(I)nc1. The summed E-state index contributed by atoms with van der Waals surface area (Å²) in [7, 11) is 0. The van der Waals surface area contributed by atoms with Crippen molar-refractivity contribution in [2.45, 2.75) is 0 Å². The maximum absolute atomic E-state index is 11.3. The van der Waals surface area contributed by atoms with Crippen molar-refractivity contribution in [1.82, 2.24) is 10.3 Å². The lowest BCUT2D eigenvalue weighted by Crippen LogP contribution is -2.26. The van der Waals surface area contributed by atoms with Gasteiger partial charge in [0.25, 0.3) is 5.91 Å². The minimum Gasteiger partial charge on any atom is -0.395 e. The molecule has 1 heterocycles. The number of pyridine rings is 1. The van der Waals surface area contributed by atoms with Crippen LogP contribution >= 0.6 is 22.6 Å². The first-order valence-corrected chi connectivity index (χ1v) is 4.82. The number of aliphatic hydroxyl groups excluding tert-OH is 1. The van der Waals surface area contributed by atoms with Gasteiger partial charge in [-0.2, -0.15) is 0 Å². The lowest BCUT2D eigenvalue weighted by atomic mass is 10.3.